The molecule has 1 N–H and O–H groups in total. The quantitative estimate of drug-likeness (QED) is 0.586. The Morgan fingerprint density at radius 2 is 2.36 bits per heavy atom. The van der Waals surface area contributed by atoms with Crippen LogP contribution < -0.4 is 5.32 Å². The van der Waals surface area contributed by atoms with Crippen molar-refractivity contribution >= 4 is 5.69 Å². The molecular weight excluding hydrogens is 134 g/mol. The van der Waals surface area contributed by atoms with Gasteiger partial charge in [0, 0.05) is 17.6 Å². The van der Waals surface area contributed by atoms with E-state index < -0.39 is 0 Å². The van der Waals surface area contributed by atoms with Gasteiger partial charge in [-0.25, -0.2) is 0 Å². The molecular formula is C10H10N. The standard InChI is InChI=1S/C10H10N/c1-2-4-9-8(3-1)10(5-6-10)7-11-9/h1,3-4,11H,5-7H2. The predicted molar refractivity (Wildman–Crippen MR) is 44.7 cm³/mol. The fourth-order valence-electron chi connectivity index (χ4n) is 2.00. The molecule has 1 heterocycles. The number of anilines is 1. The van der Waals surface area contributed by atoms with Crippen molar-refractivity contribution in [3.8, 4) is 0 Å². The highest BCUT2D eigenvalue weighted by Crippen LogP contribution is 2.53. The zero-order valence-corrected chi connectivity index (χ0v) is 6.35. The van der Waals surface area contributed by atoms with E-state index in [-0.39, 0.29) is 0 Å². The lowest BCUT2D eigenvalue weighted by atomic mass is 9.99. The van der Waals surface area contributed by atoms with Gasteiger partial charge in [0.2, 0.25) is 0 Å². The second kappa shape index (κ2) is 1.60. The van der Waals surface area contributed by atoms with Gasteiger partial charge in [-0.2, -0.15) is 0 Å². The van der Waals surface area contributed by atoms with Crippen molar-refractivity contribution in [2.45, 2.75) is 18.3 Å². The van der Waals surface area contributed by atoms with Crippen LogP contribution in [0.1, 0.15) is 18.4 Å². The lowest BCUT2D eigenvalue weighted by molar-refractivity contribution is 0.778. The lowest BCUT2D eigenvalue weighted by Crippen LogP contribution is -2.07. The first-order chi connectivity index (χ1) is 5.41. The summed E-state index contributed by atoms with van der Waals surface area (Å²) in [6, 6.07) is 9.38. The molecule has 1 aliphatic carbocycles. The Labute approximate surface area is 66.4 Å². The van der Waals surface area contributed by atoms with Crippen LogP contribution in [0.5, 0.6) is 0 Å². The molecule has 0 unspecified atom stereocenters. The molecule has 1 spiro atoms. The maximum Gasteiger partial charge on any atom is 0.0385 e. The Balaban J connectivity index is 2.21. The summed E-state index contributed by atoms with van der Waals surface area (Å²) in [5.41, 5.74) is 3.38. The summed E-state index contributed by atoms with van der Waals surface area (Å²) in [5.74, 6) is 0. The maximum atomic E-state index is 3.42. The van der Waals surface area contributed by atoms with Gasteiger partial charge in [0.1, 0.15) is 0 Å². The third kappa shape index (κ3) is 0.609. The monoisotopic (exact) mass is 144 g/mol. The molecule has 1 nitrogen and oxygen atoms in total. The average Bonchev–Trinajstić information content (AvgIpc) is 2.72. The molecule has 1 aliphatic heterocycles. The number of benzene rings is 1. The van der Waals surface area contributed by atoms with Gasteiger partial charge in [-0.15, -0.1) is 0 Å². The van der Waals surface area contributed by atoms with E-state index in [1.54, 1.807) is 0 Å². The maximum absolute atomic E-state index is 3.42. The third-order valence-electron chi connectivity index (χ3n) is 2.91. The molecule has 0 atom stereocenters. The van der Waals surface area contributed by atoms with Crippen LogP contribution in [0.25, 0.3) is 0 Å². The first-order valence-corrected chi connectivity index (χ1v) is 4.15. The van der Waals surface area contributed by atoms with E-state index in [2.05, 4.69) is 23.5 Å². The lowest BCUT2D eigenvalue weighted by Gasteiger charge is -2.03. The molecule has 1 heteroatoms. The van der Waals surface area contributed by atoms with E-state index in [9.17, 15) is 0 Å². The van der Waals surface area contributed by atoms with Crippen molar-refractivity contribution < 1.29 is 0 Å². The van der Waals surface area contributed by atoms with E-state index in [1.807, 2.05) is 6.07 Å². The third-order valence-corrected chi connectivity index (χ3v) is 2.91. The number of hydrogen-bond acceptors (Lipinski definition) is 1. The van der Waals surface area contributed by atoms with Gasteiger partial charge < -0.3 is 5.32 Å². The summed E-state index contributed by atoms with van der Waals surface area (Å²) < 4.78 is 0. The van der Waals surface area contributed by atoms with Gasteiger partial charge in [-0.3, -0.25) is 0 Å². The molecule has 0 aromatic heterocycles. The van der Waals surface area contributed by atoms with Gasteiger partial charge in [-0.1, -0.05) is 12.1 Å². The van der Waals surface area contributed by atoms with Crippen LogP contribution in [0.2, 0.25) is 0 Å². The number of hydrogen-bond donors (Lipinski definition) is 1. The van der Waals surface area contributed by atoms with Crippen LogP contribution in [0.15, 0.2) is 18.2 Å². The molecule has 0 bridgehead atoms. The summed E-state index contributed by atoms with van der Waals surface area (Å²) in [6.07, 6.45) is 2.74. The highest BCUT2D eigenvalue weighted by Gasteiger charge is 2.48. The van der Waals surface area contributed by atoms with Crippen LogP contribution in [0, 0.1) is 6.07 Å². The molecule has 0 amide bonds. The van der Waals surface area contributed by atoms with Gasteiger partial charge in [-0.05, 0) is 30.5 Å². The normalized spacial score (nSPS) is 22.9. The highest BCUT2D eigenvalue weighted by molar-refractivity contribution is 5.62. The second-order valence-electron chi connectivity index (χ2n) is 3.61. The minimum absolute atomic E-state index is 0.546. The molecule has 1 aromatic carbocycles. The zero-order valence-electron chi connectivity index (χ0n) is 6.35. The first kappa shape index (κ1) is 5.64. The number of nitrogens with one attached hydrogen (secondary N) is 1. The Morgan fingerprint density at radius 1 is 1.45 bits per heavy atom. The van der Waals surface area contributed by atoms with E-state index in [4.69, 9.17) is 0 Å². The van der Waals surface area contributed by atoms with Crippen molar-refractivity contribution in [3.05, 3.63) is 29.8 Å². The largest absolute Gasteiger partial charge is 0.384 e. The summed E-state index contributed by atoms with van der Waals surface area (Å²) >= 11 is 0. The molecule has 1 saturated carbocycles. The van der Waals surface area contributed by atoms with Gasteiger partial charge in [0.25, 0.3) is 0 Å². The van der Waals surface area contributed by atoms with E-state index >= 15 is 0 Å². The van der Waals surface area contributed by atoms with Crippen LogP contribution in [-0.4, -0.2) is 6.54 Å². The van der Waals surface area contributed by atoms with Crippen molar-refractivity contribution in [1.82, 2.24) is 0 Å². The highest BCUT2D eigenvalue weighted by atomic mass is 15.0. The molecule has 0 saturated heterocycles. The molecule has 11 heavy (non-hydrogen) atoms. The van der Waals surface area contributed by atoms with Crippen molar-refractivity contribution in [3.63, 3.8) is 0 Å². The molecule has 1 fully saturated rings. The topological polar surface area (TPSA) is 12.0 Å². The van der Waals surface area contributed by atoms with Gasteiger partial charge in [0.15, 0.2) is 0 Å². The van der Waals surface area contributed by atoms with E-state index in [0.29, 0.717) is 5.41 Å². The van der Waals surface area contributed by atoms with Gasteiger partial charge in [0.05, 0.1) is 0 Å². The summed E-state index contributed by atoms with van der Waals surface area (Å²) in [4.78, 5) is 0. The molecule has 2 aliphatic rings. The van der Waals surface area contributed by atoms with E-state index in [0.717, 1.165) is 6.54 Å². The summed E-state index contributed by atoms with van der Waals surface area (Å²) in [5, 5.41) is 3.42. The Kier molecular flexibility index (Phi) is 0.823. The SMILES string of the molecule is [c]1ccc2c(c1)NCC21CC1. The van der Waals surface area contributed by atoms with Crippen LogP contribution in [0.3, 0.4) is 0 Å². The molecule has 55 valence electrons. The van der Waals surface area contributed by atoms with Crippen LogP contribution in [0.4, 0.5) is 5.69 Å². The van der Waals surface area contributed by atoms with Crippen molar-refractivity contribution in [2.75, 3.05) is 11.9 Å². The Morgan fingerprint density at radius 3 is 3.18 bits per heavy atom. The fourth-order valence-corrected chi connectivity index (χ4v) is 2.00. The minimum atomic E-state index is 0.546. The fraction of sp³-hybridized carbons (Fsp3) is 0.400. The number of fused-ring (bicyclic) bond motifs is 2. The predicted octanol–water partition coefficient (Wildman–Crippen LogP) is 1.94. The Hall–Kier alpha value is -0.980. The second-order valence-corrected chi connectivity index (χ2v) is 3.61. The van der Waals surface area contributed by atoms with Gasteiger partial charge >= 0.3 is 0 Å². The van der Waals surface area contributed by atoms with Crippen molar-refractivity contribution in [1.29, 1.82) is 0 Å². The first-order valence-electron chi connectivity index (χ1n) is 4.15. The molecule has 1 aromatic rings. The average molecular weight is 144 g/mol. The summed E-state index contributed by atoms with van der Waals surface area (Å²) in [7, 11) is 0. The molecule has 3 rings (SSSR count). The summed E-state index contributed by atoms with van der Waals surface area (Å²) in [6.45, 7) is 1.15. The molecule has 1 radical (unpaired) electrons. The van der Waals surface area contributed by atoms with E-state index in [1.165, 1.54) is 24.1 Å². The van der Waals surface area contributed by atoms with Crippen molar-refractivity contribution in [2.24, 2.45) is 0 Å². The van der Waals surface area contributed by atoms with Crippen LogP contribution in [-0.2, 0) is 5.41 Å². The number of rotatable bonds is 0. The van der Waals surface area contributed by atoms with Crippen LogP contribution >= 0.6 is 0 Å². The zero-order chi connectivity index (χ0) is 7.31. The Bertz CT molecular complexity index is 299. The minimum Gasteiger partial charge on any atom is -0.384 e. The smallest absolute Gasteiger partial charge is 0.0385 e.